The lowest BCUT2D eigenvalue weighted by molar-refractivity contribution is 0.190. The summed E-state index contributed by atoms with van der Waals surface area (Å²) in [5.74, 6) is -0.269. The van der Waals surface area contributed by atoms with Crippen LogP contribution >= 0.6 is 15.9 Å². The first-order valence-corrected chi connectivity index (χ1v) is 8.15. The molecule has 1 rings (SSSR count). The van der Waals surface area contributed by atoms with Gasteiger partial charge in [-0.25, -0.2) is 8.42 Å². The summed E-state index contributed by atoms with van der Waals surface area (Å²) in [7, 11) is -3.44. The van der Waals surface area contributed by atoms with E-state index < -0.39 is 15.9 Å². The zero-order valence-corrected chi connectivity index (χ0v) is 12.8. The van der Waals surface area contributed by atoms with Gasteiger partial charge in [0.1, 0.15) is 0 Å². The molecule has 1 aromatic carbocycles. The summed E-state index contributed by atoms with van der Waals surface area (Å²) in [6.07, 6.45) is -0.902. The van der Waals surface area contributed by atoms with Crippen LogP contribution in [-0.2, 0) is 9.84 Å². The maximum absolute atomic E-state index is 12.0. The SMILES string of the molecule is CC(C)NCC(O)CS(=O)(=O)c1ccc(Br)cc1. The molecule has 4 nitrogen and oxygen atoms in total. The van der Waals surface area contributed by atoms with Crippen LogP contribution in [0.15, 0.2) is 33.6 Å². The molecular weight excluding hydrogens is 318 g/mol. The summed E-state index contributed by atoms with van der Waals surface area (Å²) < 4.78 is 24.8. The van der Waals surface area contributed by atoms with Crippen molar-refractivity contribution in [3.05, 3.63) is 28.7 Å². The van der Waals surface area contributed by atoms with E-state index in [1.54, 1.807) is 12.1 Å². The first-order chi connectivity index (χ1) is 8.31. The van der Waals surface area contributed by atoms with Gasteiger partial charge < -0.3 is 10.4 Å². The van der Waals surface area contributed by atoms with E-state index in [0.29, 0.717) is 0 Å². The fraction of sp³-hybridized carbons (Fsp3) is 0.500. The Hall–Kier alpha value is -0.430. The molecule has 0 aliphatic heterocycles. The van der Waals surface area contributed by atoms with E-state index in [9.17, 15) is 13.5 Å². The summed E-state index contributed by atoms with van der Waals surface area (Å²) in [6, 6.07) is 6.62. The van der Waals surface area contributed by atoms with Gasteiger partial charge in [0.15, 0.2) is 9.84 Å². The molecule has 0 radical (unpaired) electrons. The minimum atomic E-state index is -3.44. The van der Waals surface area contributed by atoms with Crippen molar-refractivity contribution in [3.8, 4) is 0 Å². The van der Waals surface area contributed by atoms with Crippen LogP contribution in [0.4, 0.5) is 0 Å². The number of nitrogens with one attached hydrogen (secondary N) is 1. The molecule has 0 saturated carbocycles. The van der Waals surface area contributed by atoms with Crippen molar-refractivity contribution in [2.75, 3.05) is 12.3 Å². The Bertz CT molecular complexity index is 471. The molecule has 1 atom stereocenters. The van der Waals surface area contributed by atoms with E-state index in [1.807, 2.05) is 13.8 Å². The Morgan fingerprint density at radius 2 is 1.83 bits per heavy atom. The molecule has 6 heteroatoms. The lowest BCUT2D eigenvalue weighted by atomic mass is 10.3. The predicted molar refractivity (Wildman–Crippen MR) is 75.3 cm³/mol. The molecular formula is C12H18BrNO3S. The van der Waals surface area contributed by atoms with Gasteiger partial charge in [0.05, 0.1) is 16.8 Å². The highest BCUT2D eigenvalue weighted by Crippen LogP contribution is 2.16. The van der Waals surface area contributed by atoms with Crippen LogP contribution in [0.25, 0.3) is 0 Å². The molecule has 2 N–H and O–H groups in total. The Morgan fingerprint density at radius 3 is 2.33 bits per heavy atom. The van der Waals surface area contributed by atoms with E-state index in [-0.39, 0.29) is 23.2 Å². The summed E-state index contributed by atoms with van der Waals surface area (Å²) in [6.45, 7) is 4.15. The second kappa shape index (κ2) is 6.65. The molecule has 0 heterocycles. The number of benzene rings is 1. The normalized spacial score (nSPS) is 13.8. The van der Waals surface area contributed by atoms with E-state index >= 15 is 0 Å². The van der Waals surface area contributed by atoms with E-state index in [0.717, 1.165) is 4.47 Å². The molecule has 0 aliphatic rings. The number of sulfone groups is 1. The summed E-state index contributed by atoms with van der Waals surface area (Å²) >= 11 is 3.25. The highest BCUT2D eigenvalue weighted by molar-refractivity contribution is 9.10. The van der Waals surface area contributed by atoms with Crippen molar-refractivity contribution >= 4 is 25.8 Å². The van der Waals surface area contributed by atoms with Crippen LogP contribution in [0.1, 0.15) is 13.8 Å². The number of aliphatic hydroxyl groups is 1. The van der Waals surface area contributed by atoms with Crippen LogP contribution in [-0.4, -0.2) is 38.0 Å². The third-order valence-electron chi connectivity index (χ3n) is 2.35. The van der Waals surface area contributed by atoms with Crippen LogP contribution in [0.5, 0.6) is 0 Å². The number of hydrogen-bond acceptors (Lipinski definition) is 4. The van der Waals surface area contributed by atoms with Crippen LogP contribution in [0, 0.1) is 0 Å². The molecule has 1 unspecified atom stereocenters. The van der Waals surface area contributed by atoms with E-state index in [1.165, 1.54) is 12.1 Å². The molecule has 102 valence electrons. The largest absolute Gasteiger partial charge is 0.391 e. The molecule has 1 aromatic rings. The minimum Gasteiger partial charge on any atom is -0.391 e. The van der Waals surface area contributed by atoms with Crippen LogP contribution in [0.2, 0.25) is 0 Å². The standard InChI is InChI=1S/C12H18BrNO3S/c1-9(2)14-7-11(15)8-18(16,17)12-5-3-10(13)4-6-12/h3-6,9,11,14-15H,7-8H2,1-2H3. The fourth-order valence-electron chi connectivity index (χ4n) is 1.42. The van der Waals surface area contributed by atoms with Gasteiger partial charge in [-0.3, -0.25) is 0 Å². The van der Waals surface area contributed by atoms with Gasteiger partial charge in [0.25, 0.3) is 0 Å². The van der Waals surface area contributed by atoms with Crippen molar-refractivity contribution < 1.29 is 13.5 Å². The minimum absolute atomic E-state index is 0.218. The lowest BCUT2D eigenvalue weighted by Crippen LogP contribution is -2.35. The Labute approximate surface area is 116 Å². The molecule has 0 saturated heterocycles. The quantitative estimate of drug-likeness (QED) is 0.828. The van der Waals surface area contributed by atoms with Crippen molar-refractivity contribution in [1.82, 2.24) is 5.32 Å². The molecule has 0 aliphatic carbocycles. The van der Waals surface area contributed by atoms with Crippen LogP contribution < -0.4 is 5.32 Å². The van der Waals surface area contributed by atoms with Gasteiger partial charge >= 0.3 is 0 Å². The number of aliphatic hydroxyl groups excluding tert-OH is 1. The lowest BCUT2D eigenvalue weighted by Gasteiger charge is -2.14. The number of halogens is 1. The molecule has 0 fully saturated rings. The van der Waals surface area contributed by atoms with E-state index in [4.69, 9.17) is 0 Å². The molecule has 0 bridgehead atoms. The maximum Gasteiger partial charge on any atom is 0.180 e. The summed E-state index contributed by atoms with van der Waals surface area (Å²) in [5, 5.41) is 12.7. The first kappa shape index (κ1) is 15.6. The Balaban J connectivity index is 2.67. The van der Waals surface area contributed by atoms with E-state index in [2.05, 4.69) is 21.2 Å². The highest BCUT2D eigenvalue weighted by atomic mass is 79.9. The van der Waals surface area contributed by atoms with Gasteiger partial charge in [0.2, 0.25) is 0 Å². The average Bonchev–Trinajstić information content (AvgIpc) is 2.26. The van der Waals surface area contributed by atoms with Crippen molar-refractivity contribution in [3.63, 3.8) is 0 Å². The van der Waals surface area contributed by atoms with Gasteiger partial charge in [-0.05, 0) is 24.3 Å². The molecule has 0 aromatic heterocycles. The summed E-state index contributed by atoms with van der Waals surface area (Å²) in [5.41, 5.74) is 0. The first-order valence-electron chi connectivity index (χ1n) is 5.71. The second-order valence-electron chi connectivity index (χ2n) is 4.45. The average molecular weight is 336 g/mol. The summed E-state index contributed by atoms with van der Waals surface area (Å²) in [4.78, 5) is 0.231. The molecule has 18 heavy (non-hydrogen) atoms. The Kier molecular flexibility index (Phi) is 5.78. The highest BCUT2D eigenvalue weighted by Gasteiger charge is 2.19. The third kappa shape index (κ3) is 5.06. The second-order valence-corrected chi connectivity index (χ2v) is 7.40. The topological polar surface area (TPSA) is 66.4 Å². The Morgan fingerprint density at radius 1 is 1.28 bits per heavy atom. The monoisotopic (exact) mass is 335 g/mol. The van der Waals surface area contributed by atoms with Crippen molar-refractivity contribution in [2.24, 2.45) is 0 Å². The molecule has 0 spiro atoms. The smallest absolute Gasteiger partial charge is 0.180 e. The fourth-order valence-corrected chi connectivity index (χ4v) is 3.05. The molecule has 0 amide bonds. The third-order valence-corrected chi connectivity index (χ3v) is 4.69. The maximum atomic E-state index is 12.0. The van der Waals surface area contributed by atoms with Gasteiger partial charge in [-0.1, -0.05) is 29.8 Å². The van der Waals surface area contributed by atoms with Crippen LogP contribution in [0.3, 0.4) is 0 Å². The number of rotatable bonds is 6. The zero-order valence-electron chi connectivity index (χ0n) is 10.4. The van der Waals surface area contributed by atoms with Gasteiger partial charge in [-0.2, -0.15) is 0 Å². The van der Waals surface area contributed by atoms with Crippen molar-refractivity contribution in [2.45, 2.75) is 30.9 Å². The van der Waals surface area contributed by atoms with Gasteiger partial charge in [0, 0.05) is 17.1 Å². The predicted octanol–water partition coefficient (Wildman–Crippen LogP) is 1.58. The van der Waals surface area contributed by atoms with Gasteiger partial charge in [-0.15, -0.1) is 0 Å². The zero-order chi connectivity index (χ0) is 13.8. The van der Waals surface area contributed by atoms with Crippen molar-refractivity contribution in [1.29, 1.82) is 0 Å². The number of hydrogen-bond donors (Lipinski definition) is 2.